The molecule has 0 fully saturated rings. The number of nitriles is 1. The summed E-state index contributed by atoms with van der Waals surface area (Å²) in [7, 11) is 0. The summed E-state index contributed by atoms with van der Waals surface area (Å²) < 4.78 is 0. The number of fused-ring (bicyclic) bond motifs is 1. The van der Waals surface area contributed by atoms with Gasteiger partial charge in [-0.15, -0.1) is 0 Å². The Hall–Kier alpha value is -2.34. The Morgan fingerprint density at radius 1 is 1.11 bits per heavy atom. The molecule has 0 spiro atoms. The van der Waals surface area contributed by atoms with Gasteiger partial charge in [-0.3, -0.25) is 0 Å². The number of benzene rings is 1. The number of pyridine rings is 1. The zero-order valence-corrected chi connectivity index (χ0v) is 10.7. The standard InChI is InChI=1S/C16H15N3/c17-10-13-8-9-14(11-18-13)19-16-7-3-5-12-4-1-2-6-15(12)16/h3,5,7-9,11,19H,1-2,4,6H2. The third-order valence-electron chi connectivity index (χ3n) is 3.55. The summed E-state index contributed by atoms with van der Waals surface area (Å²) in [6, 6.07) is 12.1. The van der Waals surface area contributed by atoms with Gasteiger partial charge in [0.25, 0.3) is 0 Å². The quantitative estimate of drug-likeness (QED) is 0.885. The molecule has 3 heteroatoms. The Balaban J connectivity index is 1.88. The maximum absolute atomic E-state index is 8.74. The Morgan fingerprint density at radius 3 is 2.79 bits per heavy atom. The smallest absolute Gasteiger partial charge is 0.140 e. The van der Waals surface area contributed by atoms with E-state index in [1.54, 1.807) is 12.3 Å². The minimum absolute atomic E-state index is 0.445. The molecule has 0 atom stereocenters. The molecular formula is C16H15N3. The molecule has 3 nitrogen and oxygen atoms in total. The van der Waals surface area contributed by atoms with Crippen molar-refractivity contribution in [2.45, 2.75) is 25.7 Å². The Labute approximate surface area is 112 Å². The Bertz CT molecular complexity index is 623. The second kappa shape index (κ2) is 5.11. The molecule has 19 heavy (non-hydrogen) atoms. The van der Waals surface area contributed by atoms with E-state index in [0.29, 0.717) is 5.69 Å². The molecule has 2 aromatic rings. The van der Waals surface area contributed by atoms with E-state index < -0.39 is 0 Å². The predicted molar refractivity (Wildman–Crippen MR) is 75.3 cm³/mol. The second-order valence-corrected chi connectivity index (χ2v) is 4.82. The van der Waals surface area contributed by atoms with Crippen LogP contribution in [0.3, 0.4) is 0 Å². The first-order valence-electron chi connectivity index (χ1n) is 6.61. The van der Waals surface area contributed by atoms with Crippen molar-refractivity contribution in [2.24, 2.45) is 0 Å². The van der Waals surface area contributed by atoms with Gasteiger partial charge >= 0.3 is 0 Å². The fourth-order valence-corrected chi connectivity index (χ4v) is 2.59. The average molecular weight is 249 g/mol. The second-order valence-electron chi connectivity index (χ2n) is 4.82. The lowest BCUT2D eigenvalue weighted by Gasteiger charge is -2.20. The largest absolute Gasteiger partial charge is 0.354 e. The number of aryl methyl sites for hydroxylation is 1. The normalized spacial score (nSPS) is 13.4. The van der Waals surface area contributed by atoms with E-state index in [0.717, 1.165) is 12.1 Å². The van der Waals surface area contributed by atoms with Crippen molar-refractivity contribution in [2.75, 3.05) is 5.32 Å². The predicted octanol–water partition coefficient (Wildman–Crippen LogP) is 3.58. The molecule has 0 amide bonds. The molecule has 1 N–H and O–H groups in total. The number of rotatable bonds is 2. The highest BCUT2D eigenvalue weighted by molar-refractivity contribution is 5.64. The van der Waals surface area contributed by atoms with Crippen LogP contribution < -0.4 is 5.32 Å². The number of hydrogen-bond donors (Lipinski definition) is 1. The molecule has 0 aliphatic heterocycles. The summed E-state index contributed by atoms with van der Waals surface area (Å²) in [5.74, 6) is 0. The number of nitrogens with one attached hydrogen (secondary N) is 1. The van der Waals surface area contributed by atoms with Crippen LogP contribution >= 0.6 is 0 Å². The zero-order valence-electron chi connectivity index (χ0n) is 10.7. The van der Waals surface area contributed by atoms with Crippen LogP contribution in [0.5, 0.6) is 0 Å². The molecule has 0 radical (unpaired) electrons. The topological polar surface area (TPSA) is 48.7 Å². The van der Waals surface area contributed by atoms with Crippen LogP contribution in [0.25, 0.3) is 0 Å². The van der Waals surface area contributed by atoms with Gasteiger partial charge in [-0.2, -0.15) is 5.26 Å². The van der Waals surface area contributed by atoms with Crippen LogP contribution in [0.4, 0.5) is 11.4 Å². The van der Waals surface area contributed by atoms with Crippen LogP contribution in [-0.2, 0) is 12.8 Å². The van der Waals surface area contributed by atoms with Gasteiger partial charge < -0.3 is 5.32 Å². The molecule has 0 bridgehead atoms. The molecule has 0 saturated heterocycles. The van der Waals surface area contributed by atoms with E-state index in [1.807, 2.05) is 12.1 Å². The number of anilines is 2. The lowest BCUT2D eigenvalue weighted by atomic mass is 9.90. The fourth-order valence-electron chi connectivity index (χ4n) is 2.59. The van der Waals surface area contributed by atoms with E-state index in [4.69, 9.17) is 5.26 Å². The minimum Gasteiger partial charge on any atom is -0.354 e. The van der Waals surface area contributed by atoms with Crippen LogP contribution in [0, 0.1) is 11.3 Å². The monoisotopic (exact) mass is 249 g/mol. The highest BCUT2D eigenvalue weighted by atomic mass is 14.9. The van der Waals surface area contributed by atoms with Gasteiger partial charge in [0.1, 0.15) is 11.8 Å². The summed E-state index contributed by atoms with van der Waals surface area (Å²) >= 11 is 0. The molecular weight excluding hydrogens is 234 g/mol. The summed E-state index contributed by atoms with van der Waals surface area (Å²) in [4.78, 5) is 4.08. The van der Waals surface area contributed by atoms with E-state index >= 15 is 0 Å². The van der Waals surface area contributed by atoms with Gasteiger partial charge in [-0.05, 0) is 55.0 Å². The summed E-state index contributed by atoms with van der Waals surface area (Å²) in [6.45, 7) is 0. The van der Waals surface area contributed by atoms with Gasteiger partial charge in [-0.1, -0.05) is 12.1 Å². The van der Waals surface area contributed by atoms with Crippen molar-refractivity contribution in [1.82, 2.24) is 4.98 Å². The Morgan fingerprint density at radius 2 is 2.00 bits per heavy atom. The van der Waals surface area contributed by atoms with E-state index in [-0.39, 0.29) is 0 Å². The van der Waals surface area contributed by atoms with Crippen molar-refractivity contribution >= 4 is 11.4 Å². The molecule has 3 rings (SSSR count). The highest BCUT2D eigenvalue weighted by Crippen LogP contribution is 2.29. The van der Waals surface area contributed by atoms with E-state index in [9.17, 15) is 0 Å². The van der Waals surface area contributed by atoms with Gasteiger partial charge in [-0.25, -0.2) is 4.98 Å². The van der Waals surface area contributed by atoms with Crippen LogP contribution in [0.1, 0.15) is 29.7 Å². The fraction of sp³-hybridized carbons (Fsp3) is 0.250. The van der Waals surface area contributed by atoms with Crippen molar-refractivity contribution in [3.05, 3.63) is 53.3 Å². The molecule has 0 unspecified atom stereocenters. The lowest BCUT2D eigenvalue weighted by molar-refractivity contribution is 0.687. The van der Waals surface area contributed by atoms with Gasteiger partial charge in [0.05, 0.1) is 11.9 Å². The van der Waals surface area contributed by atoms with Crippen LogP contribution in [-0.4, -0.2) is 4.98 Å². The van der Waals surface area contributed by atoms with Crippen molar-refractivity contribution in [1.29, 1.82) is 5.26 Å². The van der Waals surface area contributed by atoms with E-state index in [1.165, 1.54) is 36.1 Å². The molecule has 94 valence electrons. The van der Waals surface area contributed by atoms with Crippen molar-refractivity contribution in [3.63, 3.8) is 0 Å². The summed E-state index contributed by atoms with van der Waals surface area (Å²) in [5.41, 5.74) is 5.43. The van der Waals surface area contributed by atoms with Gasteiger partial charge in [0.2, 0.25) is 0 Å². The van der Waals surface area contributed by atoms with Crippen LogP contribution in [0.2, 0.25) is 0 Å². The molecule has 1 heterocycles. The first kappa shape index (κ1) is 11.7. The SMILES string of the molecule is N#Cc1ccc(Nc2cccc3c2CCCC3)cn1. The van der Waals surface area contributed by atoms with Gasteiger partial charge in [0.15, 0.2) is 0 Å². The molecule has 1 aliphatic carbocycles. The van der Waals surface area contributed by atoms with Crippen molar-refractivity contribution in [3.8, 4) is 6.07 Å². The van der Waals surface area contributed by atoms with Gasteiger partial charge in [0, 0.05) is 5.69 Å². The average Bonchev–Trinajstić information content (AvgIpc) is 2.48. The van der Waals surface area contributed by atoms with Crippen molar-refractivity contribution < 1.29 is 0 Å². The maximum atomic E-state index is 8.74. The molecule has 1 aromatic heterocycles. The number of nitrogens with zero attached hydrogens (tertiary/aromatic N) is 2. The summed E-state index contributed by atoms with van der Waals surface area (Å²) in [5, 5.41) is 12.2. The number of hydrogen-bond acceptors (Lipinski definition) is 3. The number of aromatic nitrogens is 1. The third-order valence-corrected chi connectivity index (χ3v) is 3.55. The highest BCUT2D eigenvalue weighted by Gasteiger charge is 2.12. The molecule has 0 saturated carbocycles. The molecule has 1 aromatic carbocycles. The Kier molecular flexibility index (Phi) is 3.16. The van der Waals surface area contributed by atoms with Crippen LogP contribution in [0.15, 0.2) is 36.5 Å². The first-order chi connectivity index (χ1) is 9.36. The lowest BCUT2D eigenvalue weighted by Crippen LogP contribution is -2.06. The van der Waals surface area contributed by atoms with E-state index in [2.05, 4.69) is 28.5 Å². The minimum atomic E-state index is 0.445. The zero-order chi connectivity index (χ0) is 13.1. The molecule has 1 aliphatic rings. The maximum Gasteiger partial charge on any atom is 0.140 e. The third kappa shape index (κ3) is 2.43. The first-order valence-corrected chi connectivity index (χ1v) is 6.61. The summed E-state index contributed by atoms with van der Waals surface area (Å²) in [6.07, 6.45) is 6.58.